The number of amides is 2. The maximum atomic E-state index is 12.6. The van der Waals surface area contributed by atoms with Crippen molar-refractivity contribution < 1.29 is 9.59 Å². The molecule has 0 fully saturated rings. The molecule has 7 rings (SSSR count). The number of pyridine rings is 2. The molecule has 3 aliphatic rings. The van der Waals surface area contributed by atoms with E-state index in [-0.39, 0.29) is 29.5 Å². The summed E-state index contributed by atoms with van der Waals surface area (Å²) in [5.41, 5.74) is 5.79. The fourth-order valence-corrected chi connectivity index (χ4v) is 7.86. The second-order valence-electron chi connectivity index (χ2n) is 9.09. The minimum atomic E-state index is -0.226. The smallest absolute Gasteiger partial charge is 0.241 e. The third-order valence-corrected chi connectivity index (χ3v) is 9.70. The standard InChI is InChI=1S/C25H22N10O2S3/c36-18(28-16-8-1-3-10-26-16)12-38-24-32-30-21-20-14-6-5-7-15(14)40-22(20)35-23(34(21)24)31-33-25(35)39-13-19(37)29-17-9-2-4-11-27-17/h1-4,8-11,21,30H,5-7,12-13H2,(H,26,28,36)(H,27,29,37). The highest BCUT2D eigenvalue weighted by Gasteiger charge is 2.44. The van der Waals surface area contributed by atoms with Crippen LogP contribution in [0.3, 0.4) is 0 Å². The topological polar surface area (TPSA) is 142 Å². The summed E-state index contributed by atoms with van der Waals surface area (Å²) in [7, 11) is 0. The maximum Gasteiger partial charge on any atom is 0.241 e. The van der Waals surface area contributed by atoms with Gasteiger partial charge in [-0.05, 0) is 49.1 Å². The molecule has 0 saturated heterocycles. The fourth-order valence-electron chi connectivity index (χ4n) is 4.88. The zero-order valence-electron chi connectivity index (χ0n) is 20.9. The second-order valence-corrected chi connectivity index (χ2v) is 12.1. The highest BCUT2D eigenvalue weighted by Crippen LogP contribution is 2.49. The molecule has 0 saturated carbocycles. The molecule has 6 heterocycles. The zero-order valence-corrected chi connectivity index (χ0v) is 23.4. The number of hydrogen-bond donors (Lipinski definition) is 3. The van der Waals surface area contributed by atoms with Crippen LogP contribution in [0, 0.1) is 0 Å². The van der Waals surface area contributed by atoms with Gasteiger partial charge in [0.25, 0.3) is 0 Å². The number of rotatable bonds is 7. The lowest BCUT2D eigenvalue weighted by Crippen LogP contribution is -2.38. The van der Waals surface area contributed by atoms with E-state index in [1.165, 1.54) is 39.5 Å². The Morgan fingerprint density at radius 1 is 0.975 bits per heavy atom. The van der Waals surface area contributed by atoms with Crippen molar-refractivity contribution in [2.75, 3.05) is 27.0 Å². The number of nitrogens with zero attached hydrogens (tertiary/aromatic N) is 7. The third-order valence-electron chi connectivity index (χ3n) is 6.53. The van der Waals surface area contributed by atoms with Crippen molar-refractivity contribution in [1.82, 2.24) is 30.2 Å². The molecule has 0 aromatic carbocycles. The molecule has 1 unspecified atom stereocenters. The first-order valence-electron chi connectivity index (χ1n) is 12.6. The van der Waals surface area contributed by atoms with Crippen LogP contribution in [-0.4, -0.2) is 53.2 Å². The molecule has 2 amide bonds. The lowest BCUT2D eigenvalue weighted by molar-refractivity contribution is -0.114. The number of thiophene rings is 1. The number of thioether (sulfide) groups is 2. The van der Waals surface area contributed by atoms with E-state index in [9.17, 15) is 9.59 Å². The number of aromatic nitrogens is 5. The molecular formula is C25H22N10O2S3. The number of nitrogens with one attached hydrogen (secondary N) is 3. The predicted octanol–water partition coefficient (Wildman–Crippen LogP) is 3.40. The molecular weight excluding hydrogens is 569 g/mol. The van der Waals surface area contributed by atoms with Crippen LogP contribution in [0.15, 0.2) is 59.0 Å². The van der Waals surface area contributed by atoms with Gasteiger partial charge in [0.2, 0.25) is 17.8 Å². The predicted molar refractivity (Wildman–Crippen MR) is 156 cm³/mol. The number of carbonyl (C=O) groups excluding carboxylic acids is 2. The van der Waals surface area contributed by atoms with Crippen LogP contribution in [0.25, 0.3) is 5.00 Å². The molecule has 4 aromatic heterocycles. The zero-order chi connectivity index (χ0) is 27.1. The van der Waals surface area contributed by atoms with Gasteiger partial charge in [0.1, 0.15) is 16.6 Å². The van der Waals surface area contributed by atoms with E-state index in [4.69, 9.17) is 0 Å². The van der Waals surface area contributed by atoms with E-state index in [1.807, 2.05) is 21.6 Å². The number of carbonyl (C=O) groups is 2. The van der Waals surface area contributed by atoms with Gasteiger partial charge in [-0.25, -0.2) is 14.5 Å². The average molecular weight is 591 g/mol. The van der Waals surface area contributed by atoms with Crippen LogP contribution in [0.5, 0.6) is 0 Å². The molecule has 0 bridgehead atoms. The van der Waals surface area contributed by atoms with Crippen LogP contribution in [0.2, 0.25) is 0 Å². The Kier molecular flexibility index (Phi) is 6.61. The van der Waals surface area contributed by atoms with Crippen LogP contribution < -0.4 is 21.0 Å². The molecule has 40 heavy (non-hydrogen) atoms. The Hall–Kier alpha value is -3.95. The molecule has 1 aliphatic carbocycles. The van der Waals surface area contributed by atoms with Crippen molar-refractivity contribution >= 4 is 69.4 Å². The molecule has 0 radical (unpaired) electrons. The Labute approximate surface area is 241 Å². The summed E-state index contributed by atoms with van der Waals surface area (Å²) in [6.45, 7) is 0. The average Bonchev–Trinajstić information content (AvgIpc) is 3.74. The maximum absolute atomic E-state index is 12.6. The lowest BCUT2D eigenvalue weighted by atomic mass is 10.1. The van der Waals surface area contributed by atoms with Crippen molar-refractivity contribution in [2.45, 2.75) is 30.6 Å². The van der Waals surface area contributed by atoms with Gasteiger partial charge in [0.15, 0.2) is 16.5 Å². The van der Waals surface area contributed by atoms with E-state index in [2.05, 4.69) is 41.3 Å². The number of fused-ring (bicyclic) bond motifs is 8. The number of hydrazone groups is 1. The van der Waals surface area contributed by atoms with Gasteiger partial charge in [-0.3, -0.25) is 19.9 Å². The fraction of sp³-hybridized carbons (Fsp3) is 0.240. The van der Waals surface area contributed by atoms with Gasteiger partial charge in [-0.1, -0.05) is 35.7 Å². The monoisotopic (exact) mass is 590 g/mol. The van der Waals surface area contributed by atoms with Crippen molar-refractivity contribution in [3.8, 4) is 5.00 Å². The van der Waals surface area contributed by atoms with Gasteiger partial charge in [-0.2, -0.15) is 5.10 Å². The summed E-state index contributed by atoms with van der Waals surface area (Å²) < 4.78 is 2.02. The molecule has 12 nitrogen and oxygen atoms in total. The van der Waals surface area contributed by atoms with E-state index in [1.54, 1.807) is 48.0 Å². The summed E-state index contributed by atoms with van der Waals surface area (Å²) >= 11 is 4.39. The summed E-state index contributed by atoms with van der Waals surface area (Å²) in [5, 5.41) is 21.5. The van der Waals surface area contributed by atoms with Gasteiger partial charge in [-0.15, -0.1) is 21.5 Å². The highest BCUT2D eigenvalue weighted by atomic mass is 32.2. The van der Waals surface area contributed by atoms with E-state index in [0.29, 0.717) is 27.9 Å². The second kappa shape index (κ2) is 10.6. The molecule has 0 spiro atoms. The van der Waals surface area contributed by atoms with Crippen molar-refractivity contribution in [1.29, 1.82) is 0 Å². The highest BCUT2D eigenvalue weighted by molar-refractivity contribution is 8.14. The summed E-state index contributed by atoms with van der Waals surface area (Å²) in [6, 6.07) is 10.7. The molecule has 202 valence electrons. The molecule has 1 atom stereocenters. The summed E-state index contributed by atoms with van der Waals surface area (Å²) in [4.78, 5) is 36.9. The van der Waals surface area contributed by atoms with Gasteiger partial charge < -0.3 is 10.6 Å². The quantitative estimate of drug-likeness (QED) is 0.274. The lowest BCUT2D eigenvalue weighted by Gasteiger charge is -2.31. The summed E-state index contributed by atoms with van der Waals surface area (Å²) in [5.74, 6) is 1.56. The summed E-state index contributed by atoms with van der Waals surface area (Å²) in [6.07, 6.45) is 6.22. The molecule has 4 aromatic rings. The van der Waals surface area contributed by atoms with Gasteiger partial charge in [0, 0.05) is 22.8 Å². The van der Waals surface area contributed by atoms with E-state index >= 15 is 0 Å². The van der Waals surface area contributed by atoms with Crippen molar-refractivity contribution in [2.24, 2.45) is 5.10 Å². The Bertz CT molecular complexity index is 1620. The Morgan fingerprint density at radius 3 is 2.40 bits per heavy atom. The molecule has 3 N–H and O–H groups in total. The number of hydrogen-bond acceptors (Lipinski definition) is 12. The first kappa shape index (κ1) is 25.0. The van der Waals surface area contributed by atoms with E-state index < -0.39 is 0 Å². The Balaban J connectivity index is 1.13. The van der Waals surface area contributed by atoms with E-state index in [0.717, 1.165) is 24.3 Å². The SMILES string of the molecule is O=C(CSC1=NNC2c3c(sc4c3CCC4)-n3c(SCC(=O)Nc4ccccn4)nnc3N12)Nc1ccccn1. The first-order chi connectivity index (χ1) is 19.7. The third kappa shape index (κ3) is 4.59. The molecule has 15 heteroatoms. The number of aryl methyl sites for hydroxylation is 1. The van der Waals surface area contributed by atoms with Crippen molar-refractivity contribution in [3.05, 3.63) is 64.8 Å². The van der Waals surface area contributed by atoms with Gasteiger partial charge in [0.05, 0.1) is 11.5 Å². The largest absolute Gasteiger partial charge is 0.310 e. The first-order valence-corrected chi connectivity index (χ1v) is 15.3. The minimum absolute atomic E-state index is 0.151. The minimum Gasteiger partial charge on any atom is -0.310 e. The normalized spacial score (nSPS) is 16.4. The van der Waals surface area contributed by atoms with Crippen molar-refractivity contribution in [3.63, 3.8) is 0 Å². The number of anilines is 3. The van der Waals surface area contributed by atoms with Crippen LogP contribution in [0.1, 0.15) is 28.6 Å². The Morgan fingerprint density at radius 2 is 1.70 bits per heavy atom. The van der Waals surface area contributed by atoms with Crippen LogP contribution in [0.4, 0.5) is 17.6 Å². The van der Waals surface area contributed by atoms with Gasteiger partial charge >= 0.3 is 0 Å². The molecule has 2 aliphatic heterocycles. The van der Waals surface area contributed by atoms with Crippen LogP contribution >= 0.6 is 34.9 Å². The van der Waals surface area contributed by atoms with Crippen LogP contribution in [-0.2, 0) is 22.4 Å². The number of amidine groups is 1.